The third kappa shape index (κ3) is 5.96. The molecule has 2 aromatic rings. The van der Waals surface area contributed by atoms with Crippen molar-refractivity contribution in [3.63, 3.8) is 0 Å². The lowest BCUT2D eigenvalue weighted by Crippen LogP contribution is -2.25. The summed E-state index contributed by atoms with van der Waals surface area (Å²) in [6.45, 7) is 3.71. The molecule has 1 unspecified atom stereocenters. The first-order valence-electron chi connectivity index (χ1n) is 7.60. The molecule has 0 aliphatic rings. The van der Waals surface area contributed by atoms with Crippen LogP contribution in [0.2, 0.25) is 10.0 Å². The summed E-state index contributed by atoms with van der Waals surface area (Å²) in [7, 11) is 0. The van der Waals surface area contributed by atoms with Crippen molar-refractivity contribution in [2.75, 3.05) is 16.4 Å². The van der Waals surface area contributed by atoms with Crippen LogP contribution in [0.15, 0.2) is 42.5 Å². The van der Waals surface area contributed by atoms with Gasteiger partial charge in [0.25, 0.3) is 0 Å². The zero-order valence-electron chi connectivity index (χ0n) is 13.8. The predicted molar refractivity (Wildman–Crippen MR) is 107 cm³/mol. The third-order valence-electron chi connectivity index (χ3n) is 3.38. The summed E-state index contributed by atoms with van der Waals surface area (Å²) in [6.07, 6.45) is 0. The van der Waals surface area contributed by atoms with Gasteiger partial charge in [-0.3, -0.25) is 9.59 Å². The van der Waals surface area contributed by atoms with Crippen LogP contribution >= 0.6 is 35.0 Å². The SMILES string of the molecule is Cc1ccc(NC(=O)CSC(C)C(=O)Nc2cccc(Cl)c2Cl)cc1. The molecule has 0 aromatic heterocycles. The number of rotatable bonds is 6. The molecule has 1 atom stereocenters. The minimum Gasteiger partial charge on any atom is -0.325 e. The molecule has 2 rings (SSSR count). The highest BCUT2D eigenvalue weighted by atomic mass is 35.5. The predicted octanol–water partition coefficient (Wildman–Crippen LogP) is 5.00. The van der Waals surface area contributed by atoms with Gasteiger partial charge in [-0.25, -0.2) is 0 Å². The molecule has 0 saturated carbocycles. The van der Waals surface area contributed by atoms with Crippen LogP contribution in [0.1, 0.15) is 12.5 Å². The molecule has 2 amide bonds. The Bertz CT molecular complexity index is 766. The van der Waals surface area contributed by atoms with Gasteiger partial charge < -0.3 is 10.6 Å². The number of nitrogens with one attached hydrogen (secondary N) is 2. The fraction of sp³-hybridized carbons (Fsp3) is 0.222. The van der Waals surface area contributed by atoms with Gasteiger partial charge in [0, 0.05) is 5.69 Å². The van der Waals surface area contributed by atoms with E-state index in [0.29, 0.717) is 15.7 Å². The molecule has 0 saturated heterocycles. The van der Waals surface area contributed by atoms with Crippen molar-refractivity contribution in [3.05, 3.63) is 58.1 Å². The van der Waals surface area contributed by atoms with E-state index in [1.54, 1.807) is 25.1 Å². The number of halogens is 2. The largest absolute Gasteiger partial charge is 0.325 e. The highest BCUT2D eigenvalue weighted by Crippen LogP contribution is 2.30. The second-order valence-electron chi connectivity index (χ2n) is 5.46. The molecule has 2 N–H and O–H groups in total. The minimum absolute atomic E-state index is 0.158. The van der Waals surface area contributed by atoms with E-state index in [0.717, 1.165) is 11.3 Å². The third-order valence-corrected chi connectivity index (χ3v) is 5.34. The van der Waals surface area contributed by atoms with Crippen LogP contribution in [0.3, 0.4) is 0 Å². The topological polar surface area (TPSA) is 58.2 Å². The number of amides is 2. The van der Waals surface area contributed by atoms with Crippen LogP contribution in [0.5, 0.6) is 0 Å². The van der Waals surface area contributed by atoms with Crippen molar-refractivity contribution in [1.29, 1.82) is 0 Å². The van der Waals surface area contributed by atoms with Crippen LogP contribution in [0, 0.1) is 6.92 Å². The van der Waals surface area contributed by atoms with Gasteiger partial charge in [-0.05, 0) is 38.1 Å². The van der Waals surface area contributed by atoms with Crippen molar-refractivity contribution < 1.29 is 9.59 Å². The smallest absolute Gasteiger partial charge is 0.237 e. The molecule has 0 bridgehead atoms. The molecule has 0 fully saturated rings. The molecule has 0 heterocycles. The standard InChI is InChI=1S/C18H18Cl2N2O2S/c1-11-6-8-13(9-7-11)21-16(23)10-25-12(2)18(24)22-15-5-3-4-14(19)17(15)20/h3-9,12H,10H2,1-2H3,(H,21,23)(H,22,24). The van der Waals surface area contributed by atoms with Gasteiger partial charge in [-0.2, -0.15) is 0 Å². The summed E-state index contributed by atoms with van der Waals surface area (Å²) in [5.41, 5.74) is 2.31. The van der Waals surface area contributed by atoms with Crippen LogP contribution in [0.4, 0.5) is 11.4 Å². The average Bonchev–Trinajstić information content (AvgIpc) is 2.58. The van der Waals surface area contributed by atoms with Crippen LogP contribution in [0.25, 0.3) is 0 Å². The normalized spacial score (nSPS) is 11.7. The van der Waals surface area contributed by atoms with Gasteiger partial charge in [0.2, 0.25) is 11.8 Å². The first-order chi connectivity index (χ1) is 11.9. The molecule has 2 aromatic carbocycles. The molecule has 132 valence electrons. The number of carbonyl (C=O) groups is 2. The summed E-state index contributed by atoms with van der Waals surface area (Å²) in [5.74, 6) is -0.224. The summed E-state index contributed by atoms with van der Waals surface area (Å²) in [4.78, 5) is 24.2. The number of aryl methyl sites for hydroxylation is 1. The van der Waals surface area contributed by atoms with Gasteiger partial charge in [0.15, 0.2) is 0 Å². The van der Waals surface area contributed by atoms with Crippen molar-refractivity contribution in [3.8, 4) is 0 Å². The van der Waals surface area contributed by atoms with Gasteiger partial charge in [0.1, 0.15) is 0 Å². The number of hydrogen-bond acceptors (Lipinski definition) is 3. The number of thioether (sulfide) groups is 1. The quantitative estimate of drug-likeness (QED) is 0.721. The van der Waals surface area contributed by atoms with Crippen LogP contribution in [-0.2, 0) is 9.59 Å². The Morgan fingerprint density at radius 1 is 1.08 bits per heavy atom. The monoisotopic (exact) mass is 396 g/mol. The second-order valence-corrected chi connectivity index (χ2v) is 7.57. The summed E-state index contributed by atoms with van der Waals surface area (Å²) < 4.78 is 0. The van der Waals surface area contributed by atoms with E-state index in [1.807, 2.05) is 31.2 Å². The van der Waals surface area contributed by atoms with Crippen molar-refractivity contribution >= 4 is 58.2 Å². The van der Waals surface area contributed by atoms with Crippen molar-refractivity contribution in [2.45, 2.75) is 19.1 Å². The molecule has 0 spiro atoms. The molecule has 4 nitrogen and oxygen atoms in total. The Morgan fingerprint density at radius 2 is 1.76 bits per heavy atom. The van der Waals surface area contributed by atoms with Crippen molar-refractivity contribution in [1.82, 2.24) is 0 Å². The maximum absolute atomic E-state index is 12.2. The van der Waals surface area contributed by atoms with Gasteiger partial charge in [-0.1, -0.05) is 47.0 Å². The van der Waals surface area contributed by atoms with Gasteiger partial charge in [0.05, 0.1) is 26.7 Å². The molecule has 25 heavy (non-hydrogen) atoms. The number of anilines is 2. The first kappa shape index (κ1) is 19.6. The fourth-order valence-electron chi connectivity index (χ4n) is 1.95. The Morgan fingerprint density at radius 3 is 2.44 bits per heavy atom. The molecule has 0 aliphatic heterocycles. The first-order valence-corrected chi connectivity index (χ1v) is 9.40. The van der Waals surface area contributed by atoms with Crippen LogP contribution < -0.4 is 10.6 Å². The van der Waals surface area contributed by atoms with E-state index < -0.39 is 5.25 Å². The maximum Gasteiger partial charge on any atom is 0.237 e. The molecular formula is C18H18Cl2N2O2S. The number of hydrogen-bond donors (Lipinski definition) is 2. The Labute approximate surface area is 161 Å². The lowest BCUT2D eigenvalue weighted by atomic mass is 10.2. The van der Waals surface area contributed by atoms with Gasteiger partial charge in [-0.15, -0.1) is 11.8 Å². The van der Waals surface area contributed by atoms with Gasteiger partial charge >= 0.3 is 0 Å². The molecule has 7 heteroatoms. The molecular weight excluding hydrogens is 379 g/mol. The fourth-order valence-corrected chi connectivity index (χ4v) is 2.98. The Hall–Kier alpha value is -1.69. The van der Waals surface area contributed by atoms with E-state index >= 15 is 0 Å². The van der Waals surface area contributed by atoms with E-state index in [1.165, 1.54) is 11.8 Å². The second kappa shape index (κ2) is 9.13. The minimum atomic E-state index is -0.418. The maximum atomic E-state index is 12.2. The van der Waals surface area contributed by atoms with E-state index in [9.17, 15) is 9.59 Å². The average molecular weight is 397 g/mol. The zero-order chi connectivity index (χ0) is 18.4. The zero-order valence-corrected chi connectivity index (χ0v) is 16.1. The lowest BCUT2D eigenvalue weighted by Gasteiger charge is -2.13. The highest BCUT2D eigenvalue weighted by Gasteiger charge is 2.17. The van der Waals surface area contributed by atoms with E-state index in [-0.39, 0.29) is 17.6 Å². The van der Waals surface area contributed by atoms with Crippen molar-refractivity contribution in [2.24, 2.45) is 0 Å². The molecule has 0 aliphatic carbocycles. The lowest BCUT2D eigenvalue weighted by molar-refractivity contribution is -0.115. The van der Waals surface area contributed by atoms with Crippen LogP contribution in [-0.4, -0.2) is 22.8 Å². The summed E-state index contributed by atoms with van der Waals surface area (Å²) in [6, 6.07) is 12.6. The number of carbonyl (C=O) groups excluding carboxylic acids is 2. The summed E-state index contributed by atoms with van der Waals surface area (Å²) in [5, 5.41) is 5.77. The van der Waals surface area contributed by atoms with E-state index in [4.69, 9.17) is 23.2 Å². The summed E-state index contributed by atoms with van der Waals surface area (Å²) >= 11 is 13.2. The molecule has 0 radical (unpaired) electrons. The Kier molecular flexibility index (Phi) is 7.17. The Balaban J connectivity index is 1.83. The number of benzene rings is 2. The highest BCUT2D eigenvalue weighted by molar-refractivity contribution is 8.01. The van der Waals surface area contributed by atoms with E-state index in [2.05, 4.69) is 10.6 Å².